The van der Waals surface area contributed by atoms with Crippen molar-refractivity contribution >= 4 is 23.5 Å². The zero-order valence-electron chi connectivity index (χ0n) is 12.7. The standard InChI is InChI=1S/C13H21ClN4O3/c1-13(2,3)21-12(19)16-6-5-15-10-7-9(14)17-11(18-10)8-20-4/h7H,5-6,8H2,1-4H3,(H,16,19)(H,15,17,18). The number of anilines is 1. The Bertz CT molecular complexity index is 477. The van der Waals surface area contributed by atoms with Gasteiger partial charge >= 0.3 is 6.09 Å². The molecule has 1 rings (SSSR count). The third-order valence-electron chi connectivity index (χ3n) is 2.11. The number of ether oxygens (including phenoxy) is 2. The Kier molecular flexibility index (Phi) is 6.64. The number of alkyl carbamates (subject to hydrolysis) is 1. The van der Waals surface area contributed by atoms with Crippen molar-refractivity contribution in [1.29, 1.82) is 0 Å². The lowest BCUT2D eigenvalue weighted by atomic mass is 10.2. The van der Waals surface area contributed by atoms with Gasteiger partial charge < -0.3 is 20.1 Å². The van der Waals surface area contributed by atoms with Gasteiger partial charge in [0, 0.05) is 26.3 Å². The zero-order valence-corrected chi connectivity index (χ0v) is 13.5. The maximum Gasteiger partial charge on any atom is 0.407 e. The number of methoxy groups -OCH3 is 1. The number of halogens is 1. The smallest absolute Gasteiger partial charge is 0.407 e. The number of nitrogens with zero attached hydrogens (tertiary/aromatic N) is 2. The highest BCUT2D eigenvalue weighted by Gasteiger charge is 2.15. The van der Waals surface area contributed by atoms with Crippen LogP contribution in [0.25, 0.3) is 0 Å². The Morgan fingerprint density at radius 1 is 1.33 bits per heavy atom. The van der Waals surface area contributed by atoms with Gasteiger partial charge in [0.25, 0.3) is 0 Å². The van der Waals surface area contributed by atoms with Crippen molar-refractivity contribution < 1.29 is 14.3 Å². The summed E-state index contributed by atoms with van der Waals surface area (Å²) in [4.78, 5) is 19.7. The van der Waals surface area contributed by atoms with Crippen LogP contribution < -0.4 is 10.6 Å². The van der Waals surface area contributed by atoms with E-state index in [0.717, 1.165) is 0 Å². The van der Waals surface area contributed by atoms with Gasteiger partial charge in [0.15, 0.2) is 5.82 Å². The predicted octanol–water partition coefficient (Wildman–Crippen LogP) is 2.21. The lowest BCUT2D eigenvalue weighted by molar-refractivity contribution is 0.0530. The summed E-state index contributed by atoms with van der Waals surface area (Å²) in [6, 6.07) is 1.61. The molecular weight excluding hydrogens is 296 g/mol. The Morgan fingerprint density at radius 2 is 2.05 bits per heavy atom. The first-order valence-corrected chi connectivity index (χ1v) is 6.91. The average Bonchev–Trinajstić information content (AvgIpc) is 2.32. The SMILES string of the molecule is COCc1nc(Cl)cc(NCCNC(=O)OC(C)(C)C)n1. The first kappa shape index (κ1) is 17.5. The molecule has 0 unspecified atom stereocenters. The van der Waals surface area contributed by atoms with Crippen molar-refractivity contribution in [3.63, 3.8) is 0 Å². The fraction of sp³-hybridized carbons (Fsp3) is 0.615. The van der Waals surface area contributed by atoms with Gasteiger partial charge in [0.1, 0.15) is 23.2 Å². The molecule has 1 aromatic heterocycles. The van der Waals surface area contributed by atoms with E-state index in [1.165, 1.54) is 0 Å². The highest BCUT2D eigenvalue weighted by molar-refractivity contribution is 6.29. The number of amides is 1. The van der Waals surface area contributed by atoms with Crippen LogP contribution in [0.3, 0.4) is 0 Å². The Labute approximate surface area is 129 Å². The maximum absolute atomic E-state index is 11.4. The molecule has 0 atom stereocenters. The lowest BCUT2D eigenvalue weighted by Gasteiger charge is -2.19. The van der Waals surface area contributed by atoms with Gasteiger partial charge in [-0.05, 0) is 20.8 Å². The summed E-state index contributed by atoms with van der Waals surface area (Å²) in [7, 11) is 1.56. The summed E-state index contributed by atoms with van der Waals surface area (Å²) in [5, 5.41) is 6.01. The fourth-order valence-corrected chi connectivity index (χ4v) is 1.62. The van der Waals surface area contributed by atoms with Crippen LogP contribution in [0, 0.1) is 0 Å². The molecule has 1 aromatic rings. The molecule has 8 heteroatoms. The van der Waals surface area contributed by atoms with Crippen LogP contribution in [0.15, 0.2) is 6.07 Å². The van der Waals surface area contributed by atoms with Crippen molar-refractivity contribution in [3.8, 4) is 0 Å². The minimum absolute atomic E-state index is 0.283. The number of carbonyl (C=O) groups excluding carboxylic acids is 1. The van der Waals surface area contributed by atoms with Gasteiger partial charge in [0.05, 0.1) is 0 Å². The Hall–Kier alpha value is -1.60. The predicted molar refractivity (Wildman–Crippen MR) is 80.5 cm³/mol. The molecule has 0 aromatic carbocycles. The normalized spacial score (nSPS) is 11.1. The van der Waals surface area contributed by atoms with Crippen molar-refractivity contribution in [2.45, 2.75) is 33.0 Å². The van der Waals surface area contributed by atoms with Gasteiger partial charge in [-0.25, -0.2) is 14.8 Å². The van der Waals surface area contributed by atoms with E-state index in [0.29, 0.717) is 29.9 Å². The quantitative estimate of drug-likeness (QED) is 0.618. The molecule has 1 amide bonds. The van der Waals surface area contributed by atoms with Crippen molar-refractivity contribution in [1.82, 2.24) is 15.3 Å². The summed E-state index contributed by atoms with van der Waals surface area (Å²) in [6.07, 6.45) is -0.454. The molecule has 0 fully saturated rings. The third-order valence-corrected chi connectivity index (χ3v) is 2.31. The monoisotopic (exact) mass is 316 g/mol. The second kappa shape index (κ2) is 7.99. The van der Waals surface area contributed by atoms with Crippen molar-refractivity contribution in [2.24, 2.45) is 0 Å². The van der Waals surface area contributed by atoms with E-state index >= 15 is 0 Å². The number of carbonyl (C=O) groups is 1. The van der Waals surface area contributed by atoms with Gasteiger partial charge in [-0.1, -0.05) is 11.6 Å². The summed E-state index contributed by atoms with van der Waals surface area (Å²) in [6.45, 7) is 6.60. The molecule has 0 aliphatic rings. The van der Waals surface area contributed by atoms with Crippen LogP contribution in [0.5, 0.6) is 0 Å². The molecule has 0 aliphatic carbocycles. The molecule has 0 aliphatic heterocycles. The number of aromatic nitrogens is 2. The molecule has 21 heavy (non-hydrogen) atoms. The van der Waals surface area contributed by atoms with Crippen molar-refractivity contribution in [3.05, 3.63) is 17.0 Å². The van der Waals surface area contributed by atoms with Gasteiger partial charge in [-0.2, -0.15) is 0 Å². The fourth-order valence-electron chi connectivity index (χ4n) is 1.42. The topological polar surface area (TPSA) is 85.4 Å². The Balaban J connectivity index is 2.37. The van der Waals surface area contributed by atoms with E-state index in [1.54, 1.807) is 13.2 Å². The first-order valence-electron chi connectivity index (χ1n) is 6.53. The van der Waals surface area contributed by atoms with Crippen LogP contribution in [0.4, 0.5) is 10.6 Å². The highest BCUT2D eigenvalue weighted by atomic mass is 35.5. The molecule has 1 heterocycles. The molecule has 0 saturated carbocycles. The minimum Gasteiger partial charge on any atom is -0.444 e. The van der Waals surface area contributed by atoms with Crippen molar-refractivity contribution in [2.75, 3.05) is 25.5 Å². The second-order valence-corrected chi connectivity index (χ2v) is 5.67. The van der Waals surface area contributed by atoms with Gasteiger partial charge in [0.2, 0.25) is 0 Å². The van der Waals surface area contributed by atoms with E-state index in [1.807, 2.05) is 20.8 Å². The molecule has 118 valence electrons. The highest BCUT2D eigenvalue weighted by Crippen LogP contribution is 2.11. The number of hydrogen-bond acceptors (Lipinski definition) is 6. The molecule has 0 spiro atoms. The Morgan fingerprint density at radius 3 is 2.67 bits per heavy atom. The maximum atomic E-state index is 11.4. The van der Waals surface area contributed by atoms with Gasteiger partial charge in [-0.3, -0.25) is 0 Å². The van der Waals surface area contributed by atoms with E-state index in [-0.39, 0.29) is 6.61 Å². The lowest BCUT2D eigenvalue weighted by Crippen LogP contribution is -2.35. The second-order valence-electron chi connectivity index (χ2n) is 5.28. The van der Waals surface area contributed by atoms with E-state index in [9.17, 15) is 4.79 Å². The van der Waals surface area contributed by atoms with Crippen LogP contribution in [-0.4, -0.2) is 41.9 Å². The average molecular weight is 317 g/mol. The molecule has 0 saturated heterocycles. The molecule has 0 bridgehead atoms. The van der Waals surface area contributed by atoms with E-state index in [2.05, 4.69) is 20.6 Å². The summed E-state index contributed by atoms with van der Waals surface area (Å²) in [5.41, 5.74) is -0.507. The third kappa shape index (κ3) is 7.67. The molecule has 7 nitrogen and oxygen atoms in total. The summed E-state index contributed by atoms with van der Waals surface area (Å²) in [5.74, 6) is 1.07. The number of hydrogen-bond donors (Lipinski definition) is 2. The van der Waals surface area contributed by atoms with Crippen LogP contribution in [0.1, 0.15) is 26.6 Å². The first-order chi connectivity index (χ1) is 9.80. The largest absolute Gasteiger partial charge is 0.444 e. The van der Waals surface area contributed by atoms with Crippen LogP contribution >= 0.6 is 11.6 Å². The van der Waals surface area contributed by atoms with Crippen LogP contribution in [-0.2, 0) is 16.1 Å². The zero-order chi connectivity index (χ0) is 15.9. The van der Waals surface area contributed by atoms with Crippen LogP contribution in [0.2, 0.25) is 5.15 Å². The summed E-state index contributed by atoms with van der Waals surface area (Å²) >= 11 is 5.89. The minimum atomic E-state index is -0.507. The molecule has 0 radical (unpaired) electrons. The van der Waals surface area contributed by atoms with Gasteiger partial charge in [-0.15, -0.1) is 0 Å². The molecular formula is C13H21ClN4O3. The molecule has 2 N–H and O–H groups in total. The number of nitrogens with one attached hydrogen (secondary N) is 2. The van der Waals surface area contributed by atoms with E-state index < -0.39 is 11.7 Å². The number of rotatable bonds is 6. The van der Waals surface area contributed by atoms with E-state index in [4.69, 9.17) is 21.1 Å². The summed E-state index contributed by atoms with van der Waals surface area (Å²) < 4.78 is 10.1.